The number of aliphatic hydroxyl groups is 1. The highest BCUT2D eigenvalue weighted by atomic mass is 16.3. The van der Waals surface area contributed by atoms with Crippen molar-refractivity contribution < 1.29 is 5.11 Å². The van der Waals surface area contributed by atoms with E-state index in [1.54, 1.807) is 5.57 Å². The minimum Gasteiger partial charge on any atom is -0.393 e. The molecular formula is C30H52O. The third-order valence-corrected chi connectivity index (χ3v) is 11.5. The number of allylic oxidation sites excluding steroid dienone is 1. The van der Waals surface area contributed by atoms with Gasteiger partial charge in [0.25, 0.3) is 0 Å². The van der Waals surface area contributed by atoms with Crippen molar-refractivity contribution in [3.05, 3.63) is 11.6 Å². The SMILES string of the molecule is CC(C)C(CC[C@H](C)[C@H]1CCC2C3CC=C4C[C@@H](O)CC[C@]4(C)C3CC[C@@]21C)C(C)C. The zero-order chi connectivity index (χ0) is 22.6. The summed E-state index contributed by atoms with van der Waals surface area (Å²) < 4.78 is 0. The van der Waals surface area contributed by atoms with E-state index < -0.39 is 0 Å². The van der Waals surface area contributed by atoms with E-state index >= 15 is 0 Å². The van der Waals surface area contributed by atoms with Crippen molar-refractivity contribution in [2.24, 2.45) is 58.2 Å². The van der Waals surface area contributed by atoms with Gasteiger partial charge in [0.1, 0.15) is 0 Å². The molecular weight excluding hydrogens is 376 g/mol. The molecule has 0 aromatic carbocycles. The second-order valence-corrected chi connectivity index (χ2v) is 13.6. The minimum atomic E-state index is -0.0815. The summed E-state index contributed by atoms with van der Waals surface area (Å²) in [5, 5.41) is 10.3. The first-order chi connectivity index (χ1) is 14.6. The Kier molecular flexibility index (Phi) is 6.78. The molecule has 3 fully saturated rings. The van der Waals surface area contributed by atoms with Gasteiger partial charge in [0.2, 0.25) is 0 Å². The smallest absolute Gasteiger partial charge is 0.0577 e. The maximum atomic E-state index is 10.3. The van der Waals surface area contributed by atoms with Crippen molar-refractivity contribution >= 4 is 0 Å². The van der Waals surface area contributed by atoms with Crippen LogP contribution in [0.3, 0.4) is 0 Å². The lowest BCUT2D eigenvalue weighted by Crippen LogP contribution is -2.50. The van der Waals surface area contributed by atoms with E-state index in [0.29, 0.717) is 10.8 Å². The molecule has 0 bridgehead atoms. The second kappa shape index (κ2) is 8.81. The Morgan fingerprint density at radius 2 is 1.61 bits per heavy atom. The Bertz CT molecular complexity index is 653. The van der Waals surface area contributed by atoms with Gasteiger partial charge in [-0.2, -0.15) is 0 Å². The fraction of sp³-hybridized carbons (Fsp3) is 0.933. The summed E-state index contributed by atoms with van der Waals surface area (Å²) in [6.45, 7) is 17.6. The van der Waals surface area contributed by atoms with Crippen LogP contribution in [0.4, 0.5) is 0 Å². The fourth-order valence-corrected chi connectivity index (χ4v) is 9.71. The van der Waals surface area contributed by atoms with Gasteiger partial charge in [0.05, 0.1) is 6.10 Å². The summed E-state index contributed by atoms with van der Waals surface area (Å²) in [6, 6.07) is 0. The van der Waals surface area contributed by atoms with E-state index in [-0.39, 0.29) is 6.10 Å². The Balaban J connectivity index is 1.47. The molecule has 0 amide bonds. The Morgan fingerprint density at radius 3 is 2.29 bits per heavy atom. The molecule has 0 aliphatic heterocycles. The summed E-state index contributed by atoms with van der Waals surface area (Å²) in [6.07, 6.45) is 15.7. The average molecular weight is 429 g/mol. The van der Waals surface area contributed by atoms with Gasteiger partial charge in [-0.15, -0.1) is 0 Å². The van der Waals surface area contributed by atoms with Gasteiger partial charge in [0.15, 0.2) is 0 Å². The number of hydrogen-bond acceptors (Lipinski definition) is 1. The van der Waals surface area contributed by atoms with Crippen molar-refractivity contribution in [1.29, 1.82) is 0 Å². The van der Waals surface area contributed by atoms with Crippen LogP contribution in [-0.4, -0.2) is 11.2 Å². The largest absolute Gasteiger partial charge is 0.393 e. The van der Waals surface area contributed by atoms with Crippen molar-refractivity contribution in [1.82, 2.24) is 0 Å². The molecule has 0 aromatic rings. The van der Waals surface area contributed by atoms with E-state index in [9.17, 15) is 5.11 Å². The van der Waals surface area contributed by atoms with Crippen LogP contribution in [0, 0.1) is 58.2 Å². The highest BCUT2D eigenvalue weighted by Crippen LogP contribution is 2.67. The maximum absolute atomic E-state index is 10.3. The first-order valence-electron chi connectivity index (χ1n) is 14.0. The number of fused-ring (bicyclic) bond motifs is 5. The van der Waals surface area contributed by atoms with Crippen molar-refractivity contribution in [3.8, 4) is 0 Å². The minimum absolute atomic E-state index is 0.0815. The molecule has 0 radical (unpaired) electrons. The van der Waals surface area contributed by atoms with E-state index in [1.165, 1.54) is 51.4 Å². The van der Waals surface area contributed by atoms with Gasteiger partial charge in [0, 0.05) is 0 Å². The van der Waals surface area contributed by atoms with Crippen LogP contribution in [0.1, 0.15) is 113 Å². The molecule has 0 aromatic heterocycles. The van der Waals surface area contributed by atoms with Gasteiger partial charge in [-0.1, -0.05) is 66.5 Å². The highest BCUT2D eigenvalue weighted by Gasteiger charge is 2.59. The Labute approximate surface area is 193 Å². The van der Waals surface area contributed by atoms with Crippen LogP contribution in [0.2, 0.25) is 0 Å². The molecule has 0 saturated heterocycles. The lowest BCUT2D eigenvalue weighted by atomic mass is 9.47. The summed E-state index contributed by atoms with van der Waals surface area (Å²) in [5.74, 6) is 7.03. The molecule has 1 heteroatoms. The number of hydrogen-bond donors (Lipinski definition) is 1. The van der Waals surface area contributed by atoms with Crippen molar-refractivity contribution in [2.75, 3.05) is 0 Å². The average Bonchev–Trinajstić information content (AvgIpc) is 3.05. The van der Waals surface area contributed by atoms with Gasteiger partial charge >= 0.3 is 0 Å². The van der Waals surface area contributed by atoms with Crippen LogP contribution in [0.5, 0.6) is 0 Å². The lowest BCUT2D eigenvalue weighted by Gasteiger charge is -2.58. The third-order valence-electron chi connectivity index (χ3n) is 11.5. The molecule has 178 valence electrons. The van der Waals surface area contributed by atoms with E-state index in [4.69, 9.17) is 0 Å². The van der Waals surface area contributed by atoms with Crippen LogP contribution in [0.25, 0.3) is 0 Å². The van der Waals surface area contributed by atoms with Crippen molar-refractivity contribution in [2.45, 2.75) is 119 Å². The van der Waals surface area contributed by atoms with Crippen molar-refractivity contribution in [3.63, 3.8) is 0 Å². The van der Waals surface area contributed by atoms with E-state index in [1.807, 2.05) is 0 Å². The molecule has 8 atom stereocenters. The van der Waals surface area contributed by atoms with Gasteiger partial charge < -0.3 is 5.11 Å². The number of aliphatic hydroxyl groups excluding tert-OH is 1. The lowest BCUT2D eigenvalue weighted by molar-refractivity contribution is -0.0576. The molecule has 1 nitrogen and oxygen atoms in total. The molecule has 4 aliphatic carbocycles. The number of rotatable bonds is 6. The maximum Gasteiger partial charge on any atom is 0.0577 e. The standard InChI is InChI=1S/C30H52O/c1-19(2)24(20(3)4)10-8-21(5)26-12-13-27-25-11-9-22-18-23(31)14-16-29(22,6)28(25)15-17-30(26,27)7/h9,19-21,23-28,31H,8,10-18H2,1-7H3/t21-,23-,25?,26+,27?,28?,29-,30+/m0/s1. The van der Waals surface area contributed by atoms with Crippen LogP contribution < -0.4 is 0 Å². The predicted molar refractivity (Wildman–Crippen MR) is 133 cm³/mol. The monoisotopic (exact) mass is 428 g/mol. The molecule has 0 spiro atoms. The van der Waals surface area contributed by atoms with Crippen LogP contribution >= 0.6 is 0 Å². The summed E-state index contributed by atoms with van der Waals surface area (Å²) in [4.78, 5) is 0. The van der Waals surface area contributed by atoms with Crippen LogP contribution in [-0.2, 0) is 0 Å². The molecule has 3 unspecified atom stereocenters. The second-order valence-electron chi connectivity index (χ2n) is 13.6. The first kappa shape index (κ1) is 23.8. The topological polar surface area (TPSA) is 20.2 Å². The Hall–Kier alpha value is -0.300. The first-order valence-corrected chi connectivity index (χ1v) is 14.0. The van der Waals surface area contributed by atoms with Crippen LogP contribution in [0.15, 0.2) is 11.6 Å². The van der Waals surface area contributed by atoms with Gasteiger partial charge in [-0.3, -0.25) is 0 Å². The third kappa shape index (κ3) is 4.08. The summed E-state index contributed by atoms with van der Waals surface area (Å²) >= 11 is 0. The Morgan fingerprint density at radius 1 is 0.903 bits per heavy atom. The molecule has 4 aliphatic rings. The van der Waals surface area contributed by atoms with Gasteiger partial charge in [-0.05, 0) is 116 Å². The zero-order valence-electron chi connectivity index (χ0n) is 21.8. The molecule has 1 N–H and O–H groups in total. The molecule has 31 heavy (non-hydrogen) atoms. The summed E-state index contributed by atoms with van der Waals surface area (Å²) in [7, 11) is 0. The highest BCUT2D eigenvalue weighted by molar-refractivity contribution is 5.25. The molecule has 4 rings (SSSR count). The quantitative estimate of drug-likeness (QED) is 0.422. The summed E-state index contributed by atoms with van der Waals surface area (Å²) in [5.41, 5.74) is 2.57. The predicted octanol–water partition coefficient (Wildman–Crippen LogP) is 8.27. The molecule has 0 heterocycles. The normalized spacial score (nSPS) is 43.6. The van der Waals surface area contributed by atoms with E-state index in [0.717, 1.165) is 60.2 Å². The van der Waals surface area contributed by atoms with Gasteiger partial charge in [-0.25, -0.2) is 0 Å². The van der Waals surface area contributed by atoms with E-state index in [2.05, 4.69) is 54.5 Å². The fourth-order valence-electron chi connectivity index (χ4n) is 9.71. The zero-order valence-corrected chi connectivity index (χ0v) is 21.8. The molecule has 3 saturated carbocycles.